The average molecular weight is 408 g/mol. The van der Waals surface area contributed by atoms with Crippen molar-refractivity contribution in [1.82, 2.24) is 9.55 Å². The molecular formula is C24H16N4O3. The van der Waals surface area contributed by atoms with Gasteiger partial charge in [-0.25, -0.2) is 0 Å². The summed E-state index contributed by atoms with van der Waals surface area (Å²) in [7, 11) is 0. The number of nitro groups is 1. The van der Waals surface area contributed by atoms with Crippen LogP contribution in [0, 0.1) is 28.4 Å². The third-order valence-corrected chi connectivity index (χ3v) is 4.90. The number of rotatable bonds is 4. The van der Waals surface area contributed by atoms with Gasteiger partial charge in [0.15, 0.2) is 0 Å². The lowest BCUT2D eigenvalue weighted by atomic mass is 9.99. The Balaban J connectivity index is 2.09. The first-order valence-corrected chi connectivity index (χ1v) is 9.42. The molecule has 4 rings (SSSR count). The molecule has 0 aliphatic rings. The van der Waals surface area contributed by atoms with E-state index in [0.717, 1.165) is 0 Å². The van der Waals surface area contributed by atoms with Gasteiger partial charge < -0.3 is 0 Å². The Labute approximate surface area is 177 Å². The van der Waals surface area contributed by atoms with E-state index in [2.05, 4.69) is 11.1 Å². The molecule has 2 aromatic heterocycles. The van der Waals surface area contributed by atoms with Crippen molar-refractivity contribution < 1.29 is 4.92 Å². The highest BCUT2D eigenvalue weighted by molar-refractivity contribution is 5.75. The van der Waals surface area contributed by atoms with Gasteiger partial charge in [-0.1, -0.05) is 30.3 Å². The second-order valence-electron chi connectivity index (χ2n) is 6.94. The van der Waals surface area contributed by atoms with Crippen molar-refractivity contribution in [2.24, 2.45) is 0 Å². The Morgan fingerprint density at radius 2 is 1.81 bits per heavy atom. The molecule has 7 heteroatoms. The minimum Gasteiger partial charge on any atom is -0.277 e. The predicted molar refractivity (Wildman–Crippen MR) is 117 cm³/mol. The summed E-state index contributed by atoms with van der Waals surface area (Å²) in [5.74, 6) is 0. The highest BCUT2D eigenvalue weighted by Crippen LogP contribution is 2.29. The molecule has 0 aliphatic carbocycles. The van der Waals surface area contributed by atoms with E-state index in [4.69, 9.17) is 0 Å². The minimum absolute atomic E-state index is 0.147. The third-order valence-electron chi connectivity index (χ3n) is 4.90. The first-order chi connectivity index (χ1) is 15.0. The van der Waals surface area contributed by atoms with Crippen molar-refractivity contribution in [3.05, 3.63) is 111 Å². The zero-order valence-electron chi connectivity index (χ0n) is 16.5. The van der Waals surface area contributed by atoms with Gasteiger partial charge in [-0.3, -0.25) is 24.5 Å². The standard InChI is InChI=1S/C24H16N4O3/c1-16-9-10-22(23(12-16)28(30)31)27-15-18(21-8-4-5-11-26-21)13-20(24(27)29)19-7-3-2-6-17(19)14-25/h2-13,15H,1H3. The highest BCUT2D eigenvalue weighted by atomic mass is 16.6. The summed E-state index contributed by atoms with van der Waals surface area (Å²) in [6, 6.07) is 20.6. The van der Waals surface area contributed by atoms with Crippen LogP contribution in [0.3, 0.4) is 0 Å². The maximum absolute atomic E-state index is 13.5. The van der Waals surface area contributed by atoms with Crippen molar-refractivity contribution >= 4 is 5.69 Å². The molecule has 0 atom stereocenters. The van der Waals surface area contributed by atoms with Crippen LogP contribution in [-0.2, 0) is 0 Å². The monoisotopic (exact) mass is 408 g/mol. The smallest absolute Gasteiger partial charge is 0.277 e. The number of pyridine rings is 2. The van der Waals surface area contributed by atoms with Crippen LogP contribution >= 0.6 is 0 Å². The molecule has 7 nitrogen and oxygen atoms in total. The lowest BCUT2D eigenvalue weighted by molar-refractivity contribution is -0.384. The van der Waals surface area contributed by atoms with Gasteiger partial charge >= 0.3 is 0 Å². The van der Waals surface area contributed by atoms with Crippen LogP contribution in [0.5, 0.6) is 0 Å². The average Bonchev–Trinajstić information content (AvgIpc) is 2.80. The molecule has 0 spiro atoms. The van der Waals surface area contributed by atoms with E-state index in [-0.39, 0.29) is 16.9 Å². The molecule has 0 aliphatic heterocycles. The molecule has 2 heterocycles. The van der Waals surface area contributed by atoms with E-state index in [0.29, 0.717) is 27.9 Å². The molecule has 0 fully saturated rings. The Kier molecular flexibility index (Phi) is 5.12. The maximum Gasteiger partial charge on any atom is 0.293 e. The molecule has 2 aromatic carbocycles. The number of nitro benzene ring substituents is 1. The highest BCUT2D eigenvalue weighted by Gasteiger charge is 2.20. The second kappa shape index (κ2) is 8.05. The van der Waals surface area contributed by atoms with Crippen LogP contribution in [0.25, 0.3) is 28.1 Å². The molecule has 0 bridgehead atoms. The Bertz CT molecular complexity index is 1400. The molecule has 4 aromatic rings. The molecule has 0 saturated carbocycles. The molecule has 0 radical (unpaired) electrons. The SMILES string of the molecule is Cc1ccc(-n2cc(-c3ccccn3)cc(-c3ccccc3C#N)c2=O)c([N+](=O)[O-])c1. The minimum atomic E-state index is -0.509. The van der Waals surface area contributed by atoms with Gasteiger partial charge in [-0.05, 0) is 42.8 Å². The molecule has 0 N–H and O–H groups in total. The lowest BCUT2D eigenvalue weighted by Crippen LogP contribution is -2.21. The lowest BCUT2D eigenvalue weighted by Gasteiger charge is -2.13. The topological polar surface area (TPSA) is 102 Å². The normalized spacial score (nSPS) is 10.5. The summed E-state index contributed by atoms with van der Waals surface area (Å²) < 4.78 is 1.26. The number of hydrogen-bond acceptors (Lipinski definition) is 5. The van der Waals surface area contributed by atoms with Crippen molar-refractivity contribution in [3.8, 4) is 34.1 Å². The Morgan fingerprint density at radius 1 is 1.03 bits per heavy atom. The van der Waals surface area contributed by atoms with Crippen molar-refractivity contribution in [2.45, 2.75) is 6.92 Å². The number of aromatic nitrogens is 2. The summed E-state index contributed by atoms with van der Waals surface area (Å²) in [4.78, 5) is 29.0. The number of aryl methyl sites for hydroxylation is 1. The van der Waals surface area contributed by atoms with Crippen molar-refractivity contribution in [3.63, 3.8) is 0 Å². The summed E-state index contributed by atoms with van der Waals surface area (Å²) in [5.41, 5.74) is 2.45. The zero-order chi connectivity index (χ0) is 22.0. The van der Waals surface area contributed by atoms with Crippen molar-refractivity contribution in [2.75, 3.05) is 0 Å². The summed E-state index contributed by atoms with van der Waals surface area (Å²) in [5, 5.41) is 21.2. The molecule has 150 valence electrons. The van der Waals surface area contributed by atoms with Gasteiger partial charge in [0.05, 0.1) is 22.2 Å². The summed E-state index contributed by atoms with van der Waals surface area (Å²) in [6.45, 7) is 1.75. The van der Waals surface area contributed by atoms with Crippen LogP contribution in [0.1, 0.15) is 11.1 Å². The van der Waals surface area contributed by atoms with Gasteiger partial charge in [-0.2, -0.15) is 5.26 Å². The molecule has 0 saturated heterocycles. The Morgan fingerprint density at radius 3 is 2.52 bits per heavy atom. The number of nitriles is 1. The molecule has 31 heavy (non-hydrogen) atoms. The molecular weight excluding hydrogens is 392 g/mol. The quantitative estimate of drug-likeness (QED) is 0.361. The van der Waals surface area contributed by atoms with Crippen LogP contribution < -0.4 is 5.56 Å². The summed E-state index contributed by atoms with van der Waals surface area (Å²) in [6.07, 6.45) is 3.17. The van der Waals surface area contributed by atoms with Gasteiger partial charge in [0.25, 0.3) is 11.2 Å². The largest absolute Gasteiger partial charge is 0.293 e. The zero-order valence-corrected chi connectivity index (χ0v) is 16.5. The fourth-order valence-corrected chi connectivity index (χ4v) is 3.43. The van der Waals surface area contributed by atoms with Gasteiger partial charge in [0, 0.05) is 35.2 Å². The van der Waals surface area contributed by atoms with E-state index in [1.165, 1.54) is 10.6 Å². The van der Waals surface area contributed by atoms with E-state index in [1.54, 1.807) is 73.9 Å². The van der Waals surface area contributed by atoms with Crippen molar-refractivity contribution in [1.29, 1.82) is 5.26 Å². The van der Waals surface area contributed by atoms with Crippen LogP contribution in [0.15, 0.2) is 83.9 Å². The van der Waals surface area contributed by atoms with E-state index >= 15 is 0 Å². The van der Waals surface area contributed by atoms with Gasteiger partial charge in [0.2, 0.25) is 0 Å². The predicted octanol–water partition coefficient (Wildman–Crippen LogP) is 4.65. The fourth-order valence-electron chi connectivity index (χ4n) is 3.43. The summed E-state index contributed by atoms with van der Waals surface area (Å²) >= 11 is 0. The number of benzene rings is 2. The van der Waals surface area contributed by atoms with E-state index < -0.39 is 10.5 Å². The van der Waals surface area contributed by atoms with E-state index in [9.17, 15) is 20.2 Å². The van der Waals surface area contributed by atoms with Crippen LogP contribution in [0.2, 0.25) is 0 Å². The third kappa shape index (κ3) is 3.70. The maximum atomic E-state index is 13.5. The van der Waals surface area contributed by atoms with Crippen LogP contribution in [-0.4, -0.2) is 14.5 Å². The van der Waals surface area contributed by atoms with Crippen LogP contribution in [0.4, 0.5) is 5.69 Å². The molecule has 0 unspecified atom stereocenters. The first-order valence-electron chi connectivity index (χ1n) is 9.42. The first kappa shape index (κ1) is 19.7. The van der Waals surface area contributed by atoms with E-state index in [1.807, 2.05) is 6.07 Å². The van der Waals surface area contributed by atoms with Gasteiger partial charge in [0.1, 0.15) is 5.69 Å². The second-order valence-corrected chi connectivity index (χ2v) is 6.94. The number of hydrogen-bond donors (Lipinski definition) is 0. The fraction of sp³-hybridized carbons (Fsp3) is 0.0417. The number of nitrogens with zero attached hydrogens (tertiary/aromatic N) is 4. The van der Waals surface area contributed by atoms with Gasteiger partial charge in [-0.15, -0.1) is 0 Å². The Hall–Kier alpha value is -4.57. The molecule has 0 amide bonds.